The number of anilines is 1. The molecule has 19 heteroatoms. The maximum Gasteiger partial charge on any atom is 0.311 e. The molecule has 0 radical (unpaired) electrons. The summed E-state index contributed by atoms with van der Waals surface area (Å²) >= 11 is 0. The molecule has 1 amide bonds. The van der Waals surface area contributed by atoms with Crippen LogP contribution in [0.1, 0.15) is 36.1 Å². The Morgan fingerprint density at radius 3 is 1.93 bits per heavy atom. The maximum absolute atomic E-state index is 13.7. The van der Waals surface area contributed by atoms with E-state index in [-0.39, 0.29) is 24.5 Å². The Bertz CT molecular complexity index is 1890. The highest BCUT2D eigenvalue weighted by molar-refractivity contribution is 7.87. The molecular formula is C37H43F2NO15S. The van der Waals surface area contributed by atoms with Crippen LogP contribution in [-0.2, 0) is 29.1 Å². The number of ether oxygens (including phenoxy) is 3. The number of nitrogens with zero attached hydrogens (tertiary/aromatic N) is 1. The third kappa shape index (κ3) is 8.89. The number of aliphatic hydroxyl groups is 8. The van der Waals surface area contributed by atoms with Gasteiger partial charge in [0.2, 0.25) is 5.91 Å². The first-order valence-electron chi connectivity index (χ1n) is 17.7. The molecule has 3 fully saturated rings. The van der Waals surface area contributed by atoms with Gasteiger partial charge in [-0.1, -0.05) is 24.3 Å². The van der Waals surface area contributed by atoms with Gasteiger partial charge in [0.15, 0.2) is 6.29 Å². The minimum atomic E-state index is -4.57. The molecule has 3 aliphatic rings. The van der Waals surface area contributed by atoms with Crippen LogP contribution in [0.2, 0.25) is 0 Å². The number of carbonyl (C=O) groups is 1. The van der Waals surface area contributed by atoms with Crippen LogP contribution in [0.4, 0.5) is 14.5 Å². The molecule has 3 heterocycles. The smallest absolute Gasteiger partial charge is 0.311 e. The lowest BCUT2D eigenvalue weighted by Crippen LogP contribution is -2.65. The Morgan fingerprint density at radius 1 is 0.732 bits per heavy atom. The van der Waals surface area contributed by atoms with Gasteiger partial charge in [0, 0.05) is 5.69 Å². The second-order valence-corrected chi connectivity index (χ2v) is 15.5. The molecule has 0 saturated carbocycles. The monoisotopic (exact) mass is 811 g/mol. The van der Waals surface area contributed by atoms with Gasteiger partial charge in [-0.2, -0.15) is 8.42 Å². The molecule has 0 unspecified atom stereocenters. The SMILES string of the molecule is O=C1[C@H](CC[C@H](O)c2ccc(F)cc2)[C@@H](c2ccc(OS(=O)(=O)C[C@@H]3O[C@H](CO)[C@@H](O[C@@H]4O[C@H](CO)[C@@H](O)[C@@H](O)[C@H]4O)[C@@H](O)[C@H]3O)cc2)N1c1ccc(F)cc1. The van der Waals surface area contributed by atoms with Gasteiger partial charge < -0.3 is 64.1 Å². The molecule has 0 aromatic heterocycles. The van der Waals surface area contributed by atoms with Crippen LogP contribution in [0.5, 0.6) is 5.75 Å². The standard InChI is InChI=1S/C37H43F2NO15S/c38-20-5-1-18(2-6-20)25(43)14-13-24-29(40(36(24)49)22-9-7-21(39)8-10-22)19-3-11-23(12-4-19)55-56(50,51)17-28-31(45)33(47)35(27(16-42)52-28)54-37-34(48)32(46)30(44)26(15-41)53-37/h1-12,24-35,37,41-48H,13-17H2/t24-,25+,26-,27-,28+,29-,30-,31+,32-,33+,34-,35-,37+/m1/s1. The van der Waals surface area contributed by atoms with Crippen LogP contribution >= 0.6 is 0 Å². The Hall–Kier alpha value is -3.70. The average Bonchev–Trinajstić information content (AvgIpc) is 3.17. The fourth-order valence-electron chi connectivity index (χ4n) is 7.20. The van der Waals surface area contributed by atoms with Crippen molar-refractivity contribution in [1.82, 2.24) is 0 Å². The summed E-state index contributed by atoms with van der Waals surface area (Å²) in [6, 6.07) is 15.7. The molecule has 3 aliphatic heterocycles. The van der Waals surface area contributed by atoms with Gasteiger partial charge in [0.25, 0.3) is 0 Å². The molecule has 0 spiro atoms. The quantitative estimate of drug-likeness (QED) is 0.0759. The van der Waals surface area contributed by atoms with E-state index in [4.69, 9.17) is 18.4 Å². The van der Waals surface area contributed by atoms with Gasteiger partial charge in [-0.25, -0.2) is 8.78 Å². The number of halogens is 2. The highest BCUT2D eigenvalue weighted by atomic mass is 32.2. The first-order chi connectivity index (χ1) is 26.6. The van der Waals surface area contributed by atoms with E-state index in [0.717, 1.165) is 0 Å². The van der Waals surface area contributed by atoms with Crippen molar-refractivity contribution in [3.8, 4) is 5.75 Å². The lowest BCUT2D eigenvalue weighted by Gasteiger charge is -2.48. The van der Waals surface area contributed by atoms with Crippen LogP contribution in [0.15, 0.2) is 72.8 Å². The fraction of sp³-hybridized carbons (Fsp3) is 0.486. The Labute approximate surface area is 319 Å². The van der Waals surface area contributed by atoms with Crippen molar-refractivity contribution in [2.45, 2.75) is 86.2 Å². The maximum atomic E-state index is 13.7. The number of amides is 1. The second kappa shape index (κ2) is 17.4. The number of rotatable bonds is 14. The number of benzene rings is 3. The van der Waals surface area contributed by atoms with E-state index < -0.39 is 120 Å². The summed E-state index contributed by atoms with van der Waals surface area (Å²) in [5, 5.41) is 82.3. The van der Waals surface area contributed by atoms with Crippen molar-refractivity contribution in [1.29, 1.82) is 0 Å². The largest absolute Gasteiger partial charge is 0.394 e. The second-order valence-electron chi connectivity index (χ2n) is 13.9. The topological polar surface area (TPSA) is 253 Å². The number of carbonyl (C=O) groups excluding carboxylic acids is 1. The van der Waals surface area contributed by atoms with Crippen molar-refractivity contribution < 1.29 is 81.2 Å². The molecule has 3 saturated heterocycles. The van der Waals surface area contributed by atoms with Crippen LogP contribution < -0.4 is 9.08 Å². The molecule has 306 valence electrons. The summed E-state index contributed by atoms with van der Waals surface area (Å²) in [6.07, 6.45) is -17.8. The number of hydrogen-bond donors (Lipinski definition) is 8. The van der Waals surface area contributed by atoms with Gasteiger partial charge in [-0.15, -0.1) is 0 Å². The summed E-state index contributed by atoms with van der Waals surface area (Å²) in [5.41, 5.74) is 1.45. The Balaban J connectivity index is 1.12. The van der Waals surface area contributed by atoms with E-state index in [1.54, 1.807) is 0 Å². The minimum absolute atomic E-state index is 0.163. The van der Waals surface area contributed by atoms with Crippen molar-refractivity contribution in [3.63, 3.8) is 0 Å². The Morgan fingerprint density at radius 2 is 1.32 bits per heavy atom. The molecule has 6 rings (SSSR count). The highest BCUT2D eigenvalue weighted by Gasteiger charge is 2.52. The van der Waals surface area contributed by atoms with Crippen molar-refractivity contribution in [2.75, 3.05) is 23.9 Å². The van der Waals surface area contributed by atoms with Crippen molar-refractivity contribution >= 4 is 21.7 Å². The van der Waals surface area contributed by atoms with E-state index in [2.05, 4.69) is 0 Å². The van der Waals surface area contributed by atoms with Gasteiger partial charge in [-0.3, -0.25) is 4.79 Å². The number of β-lactam (4-membered cyclic amide) rings is 1. The van der Waals surface area contributed by atoms with Gasteiger partial charge in [0.1, 0.15) is 78.1 Å². The predicted molar refractivity (Wildman–Crippen MR) is 188 cm³/mol. The van der Waals surface area contributed by atoms with Crippen LogP contribution in [0.25, 0.3) is 0 Å². The molecular weight excluding hydrogens is 768 g/mol. The van der Waals surface area contributed by atoms with Gasteiger partial charge in [0.05, 0.1) is 31.3 Å². The van der Waals surface area contributed by atoms with E-state index in [1.807, 2.05) is 0 Å². The summed E-state index contributed by atoms with van der Waals surface area (Å²) in [5.74, 6) is -3.06. The van der Waals surface area contributed by atoms with Crippen molar-refractivity contribution in [2.24, 2.45) is 5.92 Å². The summed E-state index contributed by atoms with van der Waals surface area (Å²) in [7, 11) is -4.57. The van der Waals surface area contributed by atoms with E-state index >= 15 is 0 Å². The van der Waals surface area contributed by atoms with Crippen molar-refractivity contribution in [3.05, 3.63) is 95.6 Å². The summed E-state index contributed by atoms with van der Waals surface area (Å²) in [6.45, 7) is -1.64. The van der Waals surface area contributed by atoms with Gasteiger partial charge >= 0.3 is 10.1 Å². The first kappa shape index (κ1) is 41.9. The molecule has 0 aliphatic carbocycles. The first-order valence-corrected chi connectivity index (χ1v) is 19.3. The molecule has 8 N–H and O–H groups in total. The van der Waals surface area contributed by atoms with Gasteiger partial charge in [-0.05, 0) is 72.5 Å². The number of aliphatic hydroxyl groups excluding tert-OH is 8. The van der Waals surface area contributed by atoms with Crippen LogP contribution in [0, 0.1) is 17.6 Å². The number of hydrogen-bond acceptors (Lipinski definition) is 15. The Kier molecular flexibility index (Phi) is 13.0. The molecule has 3 aromatic rings. The van der Waals surface area contributed by atoms with E-state index in [9.17, 15) is 62.8 Å². The zero-order chi connectivity index (χ0) is 40.5. The summed E-state index contributed by atoms with van der Waals surface area (Å²) in [4.78, 5) is 14.9. The average molecular weight is 812 g/mol. The van der Waals surface area contributed by atoms with E-state index in [1.165, 1.54) is 77.7 Å². The van der Waals surface area contributed by atoms with Crippen LogP contribution in [-0.4, -0.2) is 135 Å². The molecule has 13 atom stereocenters. The summed E-state index contributed by atoms with van der Waals surface area (Å²) < 4.78 is 75.1. The molecule has 3 aromatic carbocycles. The molecule has 16 nitrogen and oxygen atoms in total. The fourth-order valence-corrected chi connectivity index (χ4v) is 8.35. The zero-order valence-corrected chi connectivity index (χ0v) is 30.3. The van der Waals surface area contributed by atoms with E-state index in [0.29, 0.717) is 16.8 Å². The lowest BCUT2D eigenvalue weighted by atomic mass is 9.78. The highest BCUT2D eigenvalue weighted by Crippen LogP contribution is 2.46. The zero-order valence-electron chi connectivity index (χ0n) is 29.5. The predicted octanol–water partition coefficient (Wildman–Crippen LogP) is -0.442. The molecule has 56 heavy (non-hydrogen) atoms. The van der Waals surface area contributed by atoms with Crippen LogP contribution in [0.3, 0.4) is 0 Å². The third-order valence-electron chi connectivity index (χ3n) is 10.2. The minimum Gasteiger partial charge on any atom is -0.394 e. The molecule has 0 bridgehead atoms. The normalized spacial score (nSPS) is 32.8. The lowest BCUT2D eigenvalue weighted by molar-refractivity contribution is -0.341. The third-order valence-corrected chi connectivity index (χ3v) is 11.4.